The zero-order chi connectivity index (χ0) is 17.4. The maximum atomic E-state index is 12.5. The molecular formula is C17H18N2O4S. The van der Waals surface area contributed by atoms with Crippen molar-refractivity contribution in [3.8, 4) is 0 Å². The van der Waals surface area contributed by atoms with Crippen molar-refractivity contribution in [2.24, 2.45) is 10.2 Å². The standard InChI is InChI=1S/C17H18N2O4S/c1-2-23-17(20)12-13-24(21,22)16-11-7-6-10-15(16)19-18-14-8-4-3-5-9-14/h3-11H,2,12-13H2,1H3. The molecule has 0 N–H and O–H groups in total. The fourth-order valence-corrected chi connectivity index (χ4v) is 3.34. The van der Waals surface area contributed by atoms with Crippen LogP contribution in [-0.2, 0) is 19.4 Å². The van der Waals surface area contributed by atoms with Gasteiger partial charge in [0, 0.05) is 0 Å². The second-order valence-corrected chi connectivity index (χ2v) is 6.95. The molecule has 0 unspecified atom stereocenters. The largest absolute Gasteiger partial charge is 0.466 e. The molecule has 6 nitrogen and oxygen atoms in total. The first-order valence-corrected chi connectivity index (χ1v) is 9.12. The molecule has 0 aliphatic heterocycles. The Bertz CT molecular complexity index is 817. The van der Waals surface area contributed by atoms with Crippen molar-refractivity contribution in [1.82, 2.24) is 0 Å². The third-order valence-corrected chi connectivity index (χ3v) is 4.87. The Morgan fingerprint density at radius 2 is 1.67 bits per heavy atom. The van der Waals surface area contributed by atoms with Gasteiger partial charge in [-0.3, -0.25) is 4.79 Å². The molecule has 0 aliphatic rings. The maximum absolute atomic E-state index is 12.5. The number of sulfone groups is 1. The second kappa shape index (κ2) is 8.35. The summed E-state index contributed by atoms with van der Waals surface area (Å²) in [6.07, 6.45) is -0.194. The summed E-state index contributed by atoms with van der Waals surface area (Å²) in [5, 5.41) is 8.08. The lowest BCUT2D eigenvalue weighted by molar-refractivity contribution is -0.142. The predicted molar refractivity (Wildman–Crippen MR) is 90.4 cm³/mol. The molecule has 0 heterocycles. The zero-order valence-electron chi connectivity index (χ0n) is 13.3. The van der Waals surface area contributed by atoms with Crippen LogP contribution in [0.15, 0.2) is 69.7 Å². The molecule has 2 aromatic carbocycles. The molecule has 0 radical (unpaired) electrons. The summed E-state index contributed by atoms with van der Waals surface area (Å²) in [5.41, 5.74) is 0.862. The molecule has 0 spiro atoms. The van der Waals surface area contributed by atoms with E-state index in [1.807, 2.05) is 18.2 Å². The lowest BCUT2D eigenvalue weighted by Crippen LogP contribution is -2.13. The number of ether oxygens (including phenoxy) is 1. The Morgan fingerprint density at radius 3 is 2.38 bits per heavy atom. The molecule has 0 aromatic heterocycles. The summed E-state index contributed by atoms with van der Waals surface area (Å²) < 4.78 is 29.7. The van der Waals surface area contributed by atoms with Gasteiger partial charge in [0.1, 0.15) is 5.69 Å². The van der Waals surface area contributed by atoms with Gasteiger partial charge >= 0.3 is 5.97 Å². The summed E-state index contributed by atoms with van der Waals surface area (Å²) in [7, 11) is -3.66. The number of azo groups is 1. The van der Waals surface area contributed by atoms with E-state index in [-0.39, 0.29) is 29.4 Å². The summed E-state index contributed by atoms with van der Waals surface area (Å²) in [4.78, 5) is 11.4. The molecule has 0 bridgehead atoms. The summed E-state index contributed by atoms with van der Waals surface area (Å²) in [6, 6.07) is 15.3. The van der Waals surface area contributed by atoms with Gasteiger partial charge in [-0.15, -0.1) is 5.11 Å². The summed E-state index contributed by atoms with van der Waals surface area (Å²) in [5.74, 6) is -0.867. The second-order valence-electron chi connectivity index (χ2n) is 4.88. The van der Waals surface area contributed by atoms with E-state index in [9.17, 15) is 13.2 Å². The Morgan fingerprint density at radius 1 is 1.00 bits per heavy atom. The molecule has 2 aromatic rings. The molecule has 0 aliphatic carbocycles. The van der Waals surface area contributed by atoms with Gasteiger partial charge in [-0.05, 0) is 31.2 Å². The Labute approximate surface area is 141 Å². The number of rotatable bonds is 7. The maximum Gasteiger partial charge on any atom is 0.306 e. The van der Waals surface area contributed by atoms with Crippen molar-refractivity contribution in [3.63, 3.8) is 0 Å². The first-order chi connectivity index (χ1) is 11.5. The van der Waals surface area contributed by atoms with Crippen molar-refractivity contribution in [1.29, 1.82) is 0 Å². The van der Waals surface area contributed by atoms with Crippen LogP contribution in [0.1, 0.15) is 13.3 Å². The minimum Gasteiger partial charge on any atom is -0.466 e. The van der Waals surface area contributed by atoms with Crippen LogP contribution < -0.4 is 0 Å². The average molecular weight is 346 g/mol. The van der Waals surface area contributed by atoms with E-state index in [4.69, 9.17) is 4.74 Å². The van der Waals surface area contributed by atoms with Gasteiger partial charge in [0.15, 0.2) is 9.84 Å². The van der Waals surface area contributed by atoms with Crippen LogP contribution in [0.5, 0.6) is 0 Å². The van der Waals surface area contributed by atoms with Crippen LogP contribution in [0, 0.1) is 0 Å². The lowest BCUT2D eigenvalue weighted by atomic mass is 10.3. The number of esters is 1. The highest BCUT2D eigenvalue weighted by molar-refractivity contribution is 7.91. The molecular weight excluding hydrogens is 328 g/mol. The van der Waals surface area contributed by atoms with Crippen LogP contribution in [0.25, 0.3) is 0 Å². The van der Waals surface area contributed by atoms with Gasteiger partial charge in [0.25, 0.3) is 0 Å². The quantitative estimate of drug-likeness (QED) is 0.563. The molecule has 7 heteroatoms. The predicted octanol–water partition coefficient (Wildman–Crippen LogP) is 3.83. The number of carbonyl (C=O) groups is 1. The highest BCUT2D eigenvalue weighted by Gasteiger charge is 2.20. The zero-order valence-corrected chi connectivity index (χ0v) is 14.1. The van der Waals surface area contributed by atoms with Crippen LogP contribution >= 0.6 is 0 Å². The molecule has 24 heavy (non-hydrogen) atoms. The highest BCUT2D eigenvalue weighted by atomic mass is 32.2. The first kappa shape index (κ1) is 17.8. The van der Waals surface area contributed by atoms with Crippen LogP contribution in [0.2, 0.25) is 0 Å². The molecule has 0 amide bonds. The molecule has 126 valence electrons. The summed E-state index contributed by atoms with van der Waals surface area (Å²) >= 11 is 0. The SMILES string of the molecule is CCOC(=O)CCS(=O)(=O)c1ccccc1N=Nc1ccccc1. The van der Waals surface area contributed by atoms with E-state index in [2.05, 4.69) is 10.2 Å². The molecule has 0 fully saturated rings. The van der Waals surface area contributed by atoms with Crippen molar-refractivity contribution in [2.45, 2.75) is 18.2 Å². The van der Waals surface area contributed by atoms with E-state index < -0.39 is 15.8 Å². The summed E-state index contributed by atoms with van der Waals surface area (Å²) in [6.45, 7) is 1.90. The smallest absolute Gasteiger partial charge is 0.306 e. The van der Waals surface area contributed by atoms with E-state index in [1.54, 1.807) is 37.3 Å². The number of hydrogen-bond donors (Lipinski definition) is 0. The third kappa shape index (κ3) is 4.99. The van der Waals surface area contributed by atoms with E-state index in [0.717, 1.165) is 0 Å². The van der Waals surface area contributed by atoms with Gasteiger partial charge in [-0.2, -0.15) is 5.11 Å². The normalized spacial score (nSPS) is 11.5. The topological polar surface area (TPSA) is 85.2 Å². The van der Waals surface area contributed by atoms with Crippen molar-refractivity contribution >= 4 is 27.2 Å². The Hall–Kier alpha value is -2.54. The van der Waals surface area contributed by atoms with Crippen LogP contribution in [-0.4, -0.2) is 26.7 Å². The fraction of sp³-hybridized carbons (Fsp3) is 0.235. The molecule has 2 rings (SSSR count). The van der Waals surface area contributed by atoms with Gasteiger partial charge in [0.05, 0.1) is 29.4 Å². The number of hydrogen-bond acceptors (Lipinski definition) is 6. The lowest BCUT2D eigenvalue weighted by Gasteiger charge is -2.06. The molecule has 0 saturated carbocycles. The van der Waals surface area contributed by atoms with Gasteiger partial charge in [0.2, 0.25) is 0 Å². The minimum absolute atomic E-state index is 0.0500. The number of carbonyl (C=O) groups excluding carboxylic acids is 1. The minimum atomic E-state index is -3.66. The van der Waals surface area contributed by atoms with Crippen molar-refractivity contribution in [3.05, 3.63) is 54.6 Å². The van der Waals surface area contributed by atoms with Crippen LogP contribution in [0.4, 0.5) is 11.4 Å². The monoisotopic (exact) mass is 346 g/mol. The molecule has 0 atom stereocenters. The van der Waals surface area contributed by atoms with Crippen molar-refractivity contribution in [2.75, 3.05) is 12.4 Å². The number of benzene rings is 2. The fourth-order valence-electron chi connectivity index (χ4n) is 1.97. The van der Waals surface area contributed by atoms with E-state index >= 15 is 0 Å². The van der Waals surface area contributed by atoms with Gasteiger partial charge < -0.3 is 4.74 Å². The third-order valence-electron chi connectivity index (χ3n) is 3.11. The van der Waals surface area contributed by atoms with Gasteiger partial charge in [-0.1, -0.05) is 30.3 Å². The Kier molecular flexibility index (Phi) is 6.20. The van der Waals surface area contributed by atoms with Crippen LogP contribution in [0.3, 0.4) is 0 Å². The highest BCUT2D eigenvalue weighted by Crippen LogP contribution is 2.27. The molecule has 0 saturated heterocycles. The Balaban J connectivity index is 2.21. The van der Waals surface area contributed by atoms with E-state index in [0.29, 0.717) is 5.69 Å². The first-order valence-electron chi connectivity index (χ1n) is 7.47. The van der Waals surface area contributed by atoms with E-state index in [1.165, 1.54) is 6.07 Å². The van der Waals surface area contributed by atoms with Crippen molar-refractivity contribution < 1.29 is 17.9 Å². The number of nitrogens with zero attached hydrogens (tertiary/aromatic N) is 2. The van der Waals surface area contributed by atoms with Gasteiger partial charge in [-0.25, -0.2) is 8.42 Å². The average Bonchev–Trinajstić information content (AvgIpc) is 2.60.